The van der Waals surface area contributed by atoms with Crippen molar-refractivity contribution in [1.29, 1.82) is 5.26 Å². The highest BCUT2D eigenvalue weighted by atomic mass is 16.4. The molecule has 21 heavy (non-hydrogen) atoms. The van der Waals surface area contributed by atoms with Crippen LogP contribution in [0.1, 0.15) is 12.0 Å². The Hall–Kier alpha value is -2.81. The molecule has 2 atom stereocenters. The Kier molecular flexibility index (Phi) is 4.24. The predicted octanol–water partition coefficient (Wildman–Crippen LogP) is 1.73. The molecule has 6 heteroatoms. The molecule has 0 fully saturated rings. The molecule has 1 aromatic carbocycles. The van der Waals surface area contributed by atoms with Crippen LogP contribution in [0, 0.1) is 17.2 Å². The van der Waals surface area contributed by atoms with Gasteiger partial charge in [0.25, 0.3) is 0 Å². The van der Waals surface area contributed by atoms with Crippen molar-refractivity contribution in [2.75, 3.05) is 11.9 Å². The van der Waals surface area contributed by atoms with E-state index in [9.17, 15) is 9.59 Å². The van der Waals surface area contributed by atoms with Crippen LogP contribution in [0.15, 0.2) is 36.4 Å². The van der Waals surface area contributed by atoms with E-state index in [0.717, 1.165) is 0 Å². The summed E-state index contributed by atoms with van der Waals surface area (Å²) in [6.45, 7) is 0. The maximum atomic E-state index is 12.1. The van der Waals surface area contributed by atoms with Gasteiger partial charge in [0, 0.05) is 12.7 Å². The lowest BCUT2D eigenvalue weighted by molar-refractivity contribution is -0.140. The fourth-order valence-corrected chi connectivity index (χ4v) is 2.15. The number of carbonyl (C=O) groups is 2. The van der Waals surface area contributed by atoms with Gasteiger partial charge in [0.1, 0.15) is 0 Å². The highest BCUT2D eigenvalue weighted by molar-refractivity contribution is 5.92. The van der Waals surface area contributed by atoms with Crippen LogP contribution in [-0.4, -0.2) is 30.2 Å². The van der Waals surface area contributed by atoms with Gasteiger partial charge in [-0.1, -0.05) is 18.2 Å². The minimum absolute atomic E-state index is 0.291. The van der Waals surface area contributed by atoms with Gasteiger partial charge in [0.2, 0.25) is 0 Å². The number of aliphatic carboxylic acids is 1. The summed E-state index contributed by atoms with van der Waals surface area (Å²) >= 11 is 0. The predicted molar refractivity (Wildman–Crippen MR) is 76.8 cm³/mol. The Labute approximate surface area is 122 Å². The monoisotopic (exact) mass is 285 g/mol. The first-order valence-electron chi connectivity index (χ1n) is 6.47. The second-order valence-electron chi connectivity index (χ2n) is 4.84. The summed E-state index contributed by atoms with van der Waals surface area (Å²) in [5.74, 6) is -1.44. The Morgan fingerprint density at radius 3 is 2.81 bits per heavy atom. The van der Waals surface area contributed by atoms with E-state index in [1.165, 1.54) is 4.90 Å². The highest BCUT2D eigenvalue weighted by Gasteiger charge is 2.26. The molecule has 0 aliphatic heterocycles. The largest absolute Gasteiger partial charge is 0.481 e. The minimum atomic E-state index is -0.891. The summed E-state index contributed by atoms with van der Waals surface area (Å²) in [7, 11) is 1.60. The van der Waals surface area contributed by atoms with Gasteiger partial charge < -0.3 is 10.4 Å². The average Bonchev–Trinajstić information content (AvgIpc) is 2.95. The minimum Gasteiger partial charge on any atom is -0.481 e. The summed E-state index contributed by atoms with van der Waals surface area (Å²) in [5, 5.41) is 20.5. The van der Waals surface area contributed by atoms with Crippen molar-refractivity contribution in [3.63, 3.8) is 0 Å². The van der Waals surface area contributed by atoms with Crippen LogP contribution in [0.2, 0.25) is 0 Å². The van der Waals surface area contributed by atoms with E-state index in [-0.39, 0.29) is 12.1 Å². The molecule has 1 aliphatic rings. The number of nitrogens with zero attached hydrogens (tertiary/aromatic N) is 2. The molecule has 0 spiro atoms. The number of anilines is 1. The van der Waals surface area contributed by atoms with Crippen molar-refractivity contribution in [2.45, 2.75) is 12.5 Å². The molecule has 0 bridgehead atoms. The zero-order valence-electron chi connectivity index (χ0n) is 11.5. The first-order valence-corrected chi connectivity index (χ1v) is 6.47. The number of carboxylic acids is 1. The molecule has 0 saturated carbocycles. The van der Waals surface area contributed by atoms with Crippen molar-refractivity contribution < 1.29 is 14.7 Å². The number of amides is 2. The number of rotatable bonds is 3. The van der Waals surface area contributed by atoms with Crippen LogP contribution in [0.5, 0.6) is 0 Å². The molecule has 2 rings (SSSR count). The van der Waals surface area contributed by atoms with Gasteiger partial charge in [-0.25, -0.2) is 4.79 Å². The number of carbonyl (C=O) groups excluding carboxylic acids is 1. The van der Waals surface area contributed by atoms with Crippen molar-refractivity contribution >= 4 is 17.7 Å². The average molecular weight is 285 g/mol. The number of benzene rings is 1. The smallest absolute Gasteiger partial charge is 0.322 e. The Balaban J connectivity index is 1.99. The zero-order valence-corrected chi connectivity index (χ0v) is 11.5. The topological polar surface area (TPSA) is 93.4 Å². The maximum absolute atomic E-state index is 12.1. The molecule has 2 N–H and O–H groups in total. The molecule has 6 nitrogen and oxygen atoms in total. The normalized spacial score (nSPS) is 19.8. The van der Waals surface area contributed by atoms with Crippen LogP contribution in [0.4, 0.5) is 10.5 Å². The number of hydrogen-bond donors (Lipinski definition) is 2. The molecular weight excluding hydrogens is 270 g/mol. The van der Waals surface area contributed by atoms with Crippen molar-refractivity contribution in [3.05, 3.63) is 42.0 Å². The molecular formula is C15H15N3O3. The summed E-state index contributed by atoms with van der Waals surface area (Å²) in [6.07, 6.45) is 3.63. The number of nitrogens with one attached hydrogen (secondary N) is 1. The Morgan fingerprint density at radius 1 is 1.43 bits per heavy atom. The van der Waals surface area contributed by atoms with E-state index in [4.69, 9.17) is 10.4 Å². The number of carboxylic acid groups (broad SMARTS) is 1. The van der Waals surface area contributed by atoms with E-state index in [0.29, 0.717) is 17.7 Å². The van der Waals surface area contributed by atoms with Crippen LogP contribution < -0.4 is 10.2 Å². The third-order valence-corrected chi connectivity index (χ3v) is 3.38. The van der Waals surface area contributed by atoms with Gasteiger partial charge >= 0.3 is 12.0 Å². The number of hydrogen-bond acceptors (Lipinski definition) is 3. The first-order chi connectivity index (χ1) is 10.0. The van der Waals surface area contributed by atoms with Gasteiger partial charge in [-0.3, -0.25) is 9.69 Å². The summed E-state index contributed by atoms with van der Waals surface area (Å²) < 4.78 is 0. The van der Waals surface area contributed by atoms with Crippen LogP contribution in [0.3, 0.4) is 0 Å². The fraction of sp³-hybridized carbons (Fsp3) is 0.267. The van der Waals surface area contributed by atoms with Gasteiger partial charge in [0.15, 0.2) is 0 Å². The molecule has 1 aromatic rings. The van der Waals surface area contributed by atoms with Gasteiger partial charge in [-0.05, 0) is 24.6 Å². The van der Waals surface area contributed by atoms with Crippen molar-refractivity contribution in [2.24, 2.45) is 5.92 Å². The Bertz CT molecular complexity index is 633. The molecule has 108 valence electrons. The van der Waals surface area contributed by atoms with E-state index >= 15 is 0 Å². The van der Waals surface area contributed by atoms with Crippen LogP contribution >= 0.6 is 0 Å². The lowest BCUT2D eigenvalue weighted by atomic mass is 10.1. The Morgan fingerprint density at radius 2 is 2.19 bits per heavy atom. The van der Waals surface area contributed by atoms with Gasteiger partial charge in [0.05, 0.1) is 23.6 Å². The maximum Gasteiger partial charge on any atom is 0.322 e. The van der Waals surface area contributed by atoms with E-state index in [1.807, 2.05) is 6.07 Å². The molecule has 0 aromatic heterocycles. The molecule has 1 aliphatic carbocycles. The van der Waals surface area contributed by atoms with Crippen LogP contribution in [-0.2, 0) is 4.79 Å². The highest BCUT2D eigenvalue weighted by Crippen LogP contribution is 2.19. The molecule has 0 radical (unpaired) electrons. The lowest BCUT2D eigenvalue weighted by Crippen LogP contribution is -2.42. The summed E-state index contributed by atoms with van der Waals surface area (Å²) in [5.41, 5.74) is 1.07. The van der Waals surface area contributed by atoms with Crippen molar-refractivity contribution in [3.8, 4) is 6.07 Å². The quantitative estimate of drug-likeness (QED) is 0.827. The zero-order chi connectivity index (χ0) is 15.4. The van der Waals surface area contributed by atoms with Gasteiger partial charge in [-0.15, -0.1) is 0 Å². The van der Waals surface area contributed by atoms with E-state index in [2.05, 4.69) is 5.32 Å². The third kappa shape index (κ3) is 3.39. The fourth-order valence-electron chi connectivity index (χ4n) is 2.15. The summed E-state index contributed by atoms with van der Waals surface area (Å²) in [6, 6.07) is 8.09. The SMILES string of the molecule is CN(C(=O)NC1C=CC(C(=O)O)C1)c1cccc(C#N)c1. The second-order valence-corrected chi connectivity index (χ2v) is 4.84. The molecule has 0 saturated heterocycles. The van der Waals surface area contributed by atoms with Crippen molar-refractivity contribution in [1.82, 2.24) is 5.32 Å². The van der Waals surface area contributed by atoms with E-state index < -0.39 is 11.9 Å². The summed E-state index contributed by atoms with van der Waals surface area (Å²) in [4.78, 5) is 24.4. The second kappa shape index (κ2) is 6.09. The molecule has 0 heterocycles. The number of nitriles is 1. The molecule has 2 amide bonds. The first kappa shape index (κ1) is 14.6. The molecule has 2 unspecified atom stereocenters. The van der Waals surface area contributed by atoms with Crippen LogP contribution in [0.25, 0.3) is 0 Å². The van der Waals surface area contributed by atoms with E-state index in [1.54, 1.807) is 43.5 Å². The van der Waals surface area contributed by atoms with Gasteiger partial charge in [-0.2, -0.15) is 5.26 Å². The standard InChI is InChI=1S/C15H15N3O3/c1-18(13-4-2-3-10(7-13)9-16)15(21)17-12-6-5-11(8-12)14(19)20/h2-7,11-12H,8H2,1H3,(H,17,21)(H,19,20). The number of urea groups is 1. The third-order valence-electron chi connectivity index (χ3n) is 3.38. The lowest BCUT2D eigenvalue weighted by Gasteiger charge is -2.21.